The Kier molecular flexibility index (Phi) is 5.61. The van der Waals surface area contributed by atoms with E-state index < -0.39 is 5.54 Å². The molecule has 3 rings (SSSR count). The Balaban J connectivity index is 1.76. The first-order valence-electron chi connectivity index (χ1n) is 8.89. The largest absolute Gasteiger partial charge is 0.338 e. The Morgan fingerprint density at radius 3 is 2.58 bits per heavy atom. The Morgan fingerprint density at radius 2 is 1.92 bits per heavy atom. The summed E-state index contributed by atoms with van der Waals surface area (Å²) in [5.74, 6) is 0.612. The zero-order valence-corrected chi connectivity index (χ0v) is 15.1. The van der Waals surface area contributed by atoms with Crippen molar-refractivity contribution in [1.82, 2.24) is 15.3 Å². The van der Waals surface area contributed by atoms with Crippen molar-refractivity contribution in [1.29, 1.82) is 0 Å². The predicted molar refractivity (Wildman–Crippen MR) is 103 cm³/mol. The van der Waals surface area contributed by atoms with Gasteiger partial charge in [0.05, 0.1) is 12.1 Å². The maximum atomic E-state index is 11.9. The number of ketones is 1. The third kappa shape index (κ3) is 4.24. The van der Waals surface area contributed by atoms with E-state index in [4.69, 9.17) is 11.5 Å². The predicted octanol–water partition coefficient (Wildman–Crippen LogP) is 0.341. The second-order valence-electron chi connectivity index (χ2n) is 6.93. The minimum Gasteiger partial charge on any atom is -0.338 e. The van der Waals surface area contributed by atoms with Gasteiger partial charge in [-0.3, -0.25) is 4.79 Å². The molecule has 2 aromatic rings. The summed E-state index contributed by atoms with van der Waals surface area (Å²) in [4.78, 5) is 23.1. The van der Waals surface area contributed by atoms with Crippen LogP contribution in [0.4, 0.5) is 5.95 Å². The highest BCUT2D eigenvalue weighted by Crippen LogP contribution is 2.22. The van der Waals surface area contributed by atoms with Crippen molar-refractivity contribution in [3.8, 4) is 11.1 Å². The number of benzene rings is 1. The monoisotopic (exact) mass is 354 g/mol. The van der Waals surface area contributed by atoms with E-state index in [-0.39, 0.29) is 12.3 Å². The summed E-state index contributed by atoms with van der Waals surface area (Å²) in [6.45, 7) is 5.41. The molecule has 1 aliphatic heterocycles. The van der Waals surface area contributed by atoms with Crippen LogP contribution in [0.15, 0.2) is 36.7 Å². The van der Waals surface area contributed by atoms with Gasteiger partial charge in [-0.05, 0) is 24.5 Å². The van der Waals surface area contributed by atoms with Crippen molar-refractivity contribution < 1.29 is 4.79 Å². The molecule has 5 N–H and O–H groups in total. The van der Waals surface area contributed by atoms with Crippen LogP contribution in [0.5, 0.6) is 0 Å². The summed E-state index contributed by atoms with van der Waals surface area (Å²) in [7, 11) is 0. The summed E-state index contributed by atoms with van der Waals surface area (Å²) in [6, 6.07) is 7.95. The Bertz CT molecular complexity index is 753. The molecule has 26 heavy (non-hydrogen) atoms. The van der Waals surface area contributed by atoms with E-state index in [9.17, 15) is 4.79 Å². The van der Waals surface area contributed by atoms with Gasteiger partial charge < -0.3 is 21.7 Å². The van der Waals surface area contributed by atoms with E-state index in [1.165, 1.54) is 0 Å². The molecule has 0 bridgehead atoms. The fraction of sp³-hybridized carbons (Fsp3) is 0.421. The number of Topliss-reactive ketones (excluding diaryl/α,β-unsaturated/α-hetero) is 1. The normalized spacial score (nSPS) is 17.0. The van der Waals surface area contributed by atoms with Gasteiger partial charge in [0.2, 0.25) is 5.95 Å². The van der Waals surface area contributed by atoms with Gasteiger partial charge in [-0.25, -0.2) is 9.97 Å². The summed E-state index contributed by atoms with van der Waals surface area (Å²) in [6.07, 6.45) is 4.13. The van der Waals surface area contributed by atoms with Crippen molar-refractivity contribution in [2.24, 2.45) is 11.5 Å². The van der Waals surface area contributed by atoms with Gasteiger partial charge in [0.1, 0.15) is 0 Å². The SMILES string of the molecule is CC(N)(Cc1cccc(-c2cnc(N3CCNCC3)nc2)c1)C(=O)CN. The van der Waals surface area contributed by atoms with E-state index in [2.05, 4.69) is 20.2 Å². The second-order valence-corrected chi connectivity index (χ2v) is 6.93. The number of rotatable bonds is 6. The van der Waals surface area contributed by atoms with Crippen LogP contribution in [0.1, 0.15) is 12.5 Å². The number of nitrogens with one attached hydrogen (secondary N) is 1. The lowest BCUT2D eigenvalue weighted by Crippen LogP contribution is -2.49. The molecule has 7 nitrogen and oxygen atoms in total. The Morgan fingerprint density at radius 1 is 1.23 bits per heavy atom. The van der Waals surface area contributed by atoms with Crippen molar-refractivity contribution in [3.05, 3.63) is 42.2 Å². The van der Waals surface area contributed by atoms with Crippen LogP contribution in [-0.4, -0.2) is 54.0 Å². The number of piperazine rings is 1. The molecule has 1 unspecified atom stereocenters. The van der Waals surface area contributed by atoms with Crippen LogP contribution in [0.3, 0.4) is 0 Å². The molecule has 0 spiro atoms. The van der Waals surface area contributed by atoms with Crippen LogP contribution >= 0.6 is 0 Å². The first-order chi connectivity index (χ1) is 12.5. The molecule has 1 atom stereocenters. The standard InChI is InChI=1S/C19H26N6O/c1-19(21,17(26)11-20)10-14-3-2-4-15(9-14)16-12-23-18(24-13-16)25-7-5-22-6-8-25/h2-4,9,12-13,22H,5-8,10-11,20-21H2,1H3. The highest BCUT2D eigenvalue weighted by Gasteiger charge is 2.27. The van der Waals surface area contributed by atoms with E-state index >= 15 is 0 Å². The maximum Gasteiger partial charge on any atom is 0.225 e. The molecule has 1 aromatic heterocycles. The molecule has 0 aliphatic carbocycles. The first-order valence-corrected chi connectivity index (χ1v) is 8.89. The number of hydrogen-bond donors (Lipinski definition) is 3. The molecule has 0 saturated carbocycles. The van der Waals surface area contributed by atoms with E-state index in [1.54, 1.807) is 6.92 Å². The Labute approximate surface area is 153 Å². The van der Waals surface area contributed by atoms with Crippen molar-refractivity contribution in [2.45, 2.75) is 18.9 Å². The van der Waals surface area contributed by atoms with Crippen molar-refractivity contribution in [2.75, 3.05) is 37.6 Å². The average Bonchev–Trinajstić information content (AvgIpc) is 2.68. The van der Waals surface area contributed by atoms with Gasteiger partial charge in [-0.2, -0.15) is 0 Å². The molecule has 1 aliphatic rings. The summed E-state index contributed by atoms with van der Waals surface area (Å²) in [5.41, 5.74) is 13.6. The van der Waals surface area contributed by atoms with Gasteiger partial charge >= 0.3 is 0 Å². The van der Waals surface area contributed by atoms with Gasteiger partial charge in [-0.1, -0.05) is 24.3 Å². The van der Waals surface area contributed by atoms with E-state index in [0.717, 1.165) is 48.8 Å². The highest BCUT2D eigenvalue weighted by molar-refractivity contribution is 5.89. The van der Waals surface area contributed by atoms with Crippen LogP contribution in [0.2, 0.25) is 0 Å². The summed E-state index contributed by atoms with van der Waals surface area (Å²) >= 11 is 0. The number of hydrogen-bond acceptors (Lipinski definition) is 7. The van der Waals surface area contributed by atoms with Crippen LogP contribution in [0, 0.1) is 0 Å². The maximum absolute atomic E-state index is 11.9. The van der Waals surface area contributed by atoms with Crippen molar-refractivity contribution >= 4 is 11.7 Å². The van der Waals surface area contributed by atoms with Crippen LogP contribution in [-0.2, 0) is 11.2 Å². The van der Waals surface area contributed by atoms with Gasteiger partial charge in [0, 0.05) is 44.1 Å². The first kappa shape index (κ1) is 18.4. The molecular weight excluding hydrogens is 328 g/mol. The minimum absolute atomic E-state index is 0.0476. The smallest absolute Gasteiger partial charge is 0.225 e. The number of nitrogens with zero attached hydrogens (tertiary/aromatic N) is 3. The van der Waals surface area contributed by atoms with Crippen LogP contribution < -0.4 is 21.7 Å². The van der Waals surface area contributed by atoms with Crippen LogP contribution in [0.25, 0.3) is 11.1 Å². The molecule has 1 saturated heterocycles. The molecule has 7 heteroatoms. The molecule has 138 valence electrons. The zero-order valence-electron chi connectivity index (χ0n) is 15.1. The van der Waals surface area contributed by atoms with Crippen molar-refractivity contribution in [3.63, 3.8) is 0 Å². The topological polar surface area (TPSA) is 110 Å². The van der Waals surface area contributed by atoms with Gasteiger partial charge in [0.25, 0.3) is 0 Å². The third-order valence-electron chi connectivity index (χ3n) is 4.69. The molecule has 1 aromatic carbocycles. The van der Waals surface area contributed by atoms with E-state index in [0.29, 0.717) is 6.42 Å². The third-order valence-corrected chi connectivity index (χ3v) is 4.69. The zero-order chi connectivity index (χ0) is 18.6. The molecule has 0 radical (unpaired) electrons. The van der Waals surface area contributed by atoms with Gasteiger partial charge in [-0.15, -0.1) is 0 Å². The number of anilines is 1. The lowest BCUT2D eigenvalue weighted by Gasteiger charge is -2.27. The molecule has 1 fully saturated rings. The number of carbonyl (C=O) groups excluding carboxylic acids is 1. The number of nitrogens with two attached hydrogens (primary N) is 2. The second kappa shape index (κ2) is 7.90. The highest BCUT2D eigenvalue weighted by atomic mass is 16.1. The molecule has 0 amide bonds. The van der Waals surface area contributed by atoms with Gasteiger partial charge in [0.15, 0.2) is 5.78 Å². The van der Waals surface area contributed by atoms with E-state index in [1.807, 2.05) is 36.7 Å². The summed E-state index contributed by atoms with van der Waals surface area (Å²) < 4.78 is 0. The fourth-order valence-corrected chi connectivity index (χ4v) is 3.12. The fourth-order valence-electron chi connectivity index (χ4n) is 3.12. The Hall–Kier alpha value is -2.35. The summed E-state index contributed by atoms with van der Waals surface area (Å²) in [5, 5.41) is 3.32. The number of carbonyl (C=O) groups is 1. The number of aromatic nitrogens is 2. The lowest BCUT2D eigenvalue weighted by atomic mass is 9.88. The minimum atomic E-state index is -0.962. The molecule has 2 heterocycles. The quantitative estimate of drug-likeness (QED) is 0.686. The average molecular weight is 354 g/mol. The molecular formula is C19H26N6O. The lowest BCUT2D eigenvalue weighted by molar-refractivity contribution is -0.122.